The van der Waals surface area contributed by atoms with Crippen LogP contribution in [0, 0.1) is 5.41 Å². The number of nitrogens with one attached hydrogen (secondary N) is 1. The summed E-state index contributed by atoms with van der Waals surface area (Å²) in [7, 11) is 0. The van der Waals surface area contributed by atoms with Crippen molar-refractivity contribution < 1.29 is 9.47 Å². The topological polar surface area (TPSA) is 98.2 Å². The zero-order chi connectivity index (χ0) is 23.0. The number of rotatable bonds is 6. The van der Waals surface area contributed by atoms with E-state index in [1.807, 2.05) is 18.5 Å². The van der Waals surface area contributed by atoms with Crippen LogP contribution in [0.5, 0.6) is 6.01 Å². The third-order valence-corrected chi connectivity index (χ3v) is 8.09. The van der Waals surface area contributed by atoms with E-state index in [2.05, 4.69) is 37.1 Å². The molecule has 178 valence electrons. The Balaban J connectivity index is 1.10. The predicted octanol–water partition coefficient (Wildman–Crippen LogP) is 3.85. The van der Waals surface area contributed by atoms with E-state index in [1.54, 1.807) is 6.20 Å². The van der Waals surface area contributed by atoms with Crippen molar-refractivity contribution in [3.63, 3.8) is 0 Å². The summed E-state index contributed by atoms with van der Waals surface area (Å²) in [5.74, 6) is 0.586. The molecule has 0 radical (unpaired) electrons. The van der Waals surface area contributed by atoms with Crippen LogP contribution in [-0.4, -0.2) is 62.2 Å². The summed E-state index contributed by atoms with van der Waals surface area (Å²) in [4.78, 5) is 26.1. The van der Waals surface area contributed by atoms with E-state index in [4.69, 9.17) is 14.5 Å². The van der Waals surface area contributed by atoms with Crippen molar-refractivity contribution in [3.05, 3.63) is 35.9 Å². The molecule has 1 spiro atoms. The first kappa shape index (κ1) is 21.8. The van der Waals surface area contributed by atoms with Crippen molar-refractivity contribution >= 4 is 22.4 Å². The van der Waals surface area contributed by atoms with Crippen molar-refractivity contribution in [2.24, 2.45) is 5.41 Å². The first-order chi connectivity index (χ1) is 16.7. The Morgan fingerprint density at radius 3 is 2.85 bits per heavy atom. The van der Waals surface area contributed by atoms with Gasteiger partial charge in [0.25, 0.3) is 0 Å². The molecule has 3 aromatic rings. The summed E-state index contributed by atoms with van der Waals surface area (Å²) in [6.07, 6.45) is 11.0. The molecule has 0 aromatic carbocycles. The highest BCUT2D eigenvalue weighted by molar-refractivity contribution is 7.18. The Morgan fingerprint density at radius 2 is 2.06 bits per heavy atom. The Labute approximate surface area is 203 Å². The van der Waals surface area contributed by atoms with Gasteiger partial charge in [0, 0.05) is 49.1 Å². The Hall–Kier alpha value is -2.69. The van der Waals surface area contributed by atoms with Crippen molar-refractivity contribution in [1.82, 2.24) is 29.8 Å². The van der Waals surface area contributed by atoms with Crippen LogP contribution in [0.3, 0.4) is 0 Å². The van der Waals surface area contributed by atoms with E-state index in [-0.39, 0.29) is 6.10 Å². The molecule has 0 atom stereocenters. The fourth-order valence-electron chi connectivity index (χ4n) is 4.94. The number of nitrogens with zero attached hydrogens (tertiary/aromatic N) is 6. The molecule has 1 aliphatic carbocycles. The maximum atomic E-state index is 6.13. The van der Waals surface area contributed by atoms with Gasteiger partial charge in [0.2, 0.25) is 5.95 Å². The van der Waals surface area contributed by atoms with Gasteiger partial charge < -0.3 is 14.8 Å². The molecule has 1 saturated carbocycles. The molecule has 9 nitrogen and oxygen atoms in total. The molecule has 2 aliphatic heterocycles. The van der Waals surface area contributed by atoms with Crippen LogP contribution >= 0.6 is 11.3 Å². The number of hydrogen-bond donors (Lipinski definition) is 1. The van der Waals surface area contributed by atoms with Crippen LogP contribution < -0.4 is 10.1 Å². The molecule has 10 heteroatoms. The minimum atomic E-state index is 0.172. The van der Waals surface area contributed by atoms with Gasteiger partial charge in [0.1, 0.15) is 6.10 Å². The van der Waals surface area contributed by atoms with E-state index < -0.39 is 0 Å². The second kappa shape index (κ2) is 9.16. The molecular weight excluding hydrogens is 450 g/mol. The molecule has 6 rings (SSSR count). The van der Waals surface area contributed by atoms with E-state index in [9.17, 15) is 0 Å². The van der Waals surface area contributed by atoms with Gasteiger partial charge in [0.05, 0.1) is 29.5 Å². The van der Waals surface area contributed by atoms with E-state index in [0.717, 1.165) is 86.3 Å². The Morgan fingerprint density at radius 1 is 1.18 bits per heavy atom. The number of thiazole rings is 1. The summed E-state index contributed by atoms with van der Waals surface area (Å²) in [6, 6.07) is 2.33. The number of fused-ring (bicyclic) bond motifs is 1. The van der Waals surface area contributed by atoms with Crippen molar-refractivity contribution in [2.75, 3.05) is 31.6 Å². The second-order valence-corrected chi connectivity index (χ2v) is 10.5. The molecule has 0 unspecified atom stereocenters. The number of hydrogen-bond acceptors (Lipinski definition) is 10. The van der Waals surface area contributed by atoms with Gasteiger partial charge in [-0.25, -0.2) is 19.9 Å². The lowest BCUT2D eigenvalue weighted by molar-refractivity contribution is -0.140. The van der Waals surface area contributed by atoms with Gasteiger partial charge in [-0.2, -0.15) is 4.98 Å². The maximum Gasteiger partial charge on any atom is 0.317 e. The van der Waals surface area contributed by atoms with Crippen molar-refractivity contribution in [3.8, 4) is 16.6 Å². The molecule has 2 fully saturated rings. The zero-order valence-corrected chi connectivity index (χ0v) is 20.2. The number of likely N-dealkylation sites (N-methyl/N-ethyl adjacent to an activating group) is 1. The third kappa shape index (κ3) is 4.49. The summed E-state index contributed by atoms with van der Waals surface area (Å²) < 4.78 is 11.6. The fourth-order valence-corrected chi connectivity index (χ4v) is 5.72. The van der Waals surface area contributed by atoms with Gasteiger partial charge in [-0.1, -0.05) is 18.3 Å². The van der Waals surface area contributed by atoms with Crippen LogP contribution in [0.15, 0.2) is 24.7 Å². The molecule has 1 N–H and O–H groups in total. The van der Waals surface area contributed by atoms with E-state index >= 15 is 0 Å². The quantitative estimate of drug-likeness (QED) is 0.565. The summed E-state index contributed by atoms with van der Waals surface area (Å²) in [5.41, 5.74) is 3.55. The van der Waals surface area contributed by atoms with Crippen LogP contribution in [0.1, 0.15) is 43.9 Å². The third-order valence-electron chi connectivity index (χ3n) is 7.15. The summed E-state index contributed by atoms with van der Waals surface area (Å²) in [5, 5.41) is 3.99. The van der Waals surface area contributed by atoms with Crippen LogP contribution in [0.2, 0.25) is 0 Å². The van der Waals surface area contributed by atoms with Crippen LogP contribution in [0.4, 0.5) is 11.1 Å². The first-order valence-electron chi connectivity index (χ1n) is 12.1. The molecule has 0 bridgehead atoms. The highest BCUT2D eigenvalue weighted by atomic mass is 32.1. The molecule has 3 aromatic heterocycles. The number of anilines is 2. The monoisotopic (exact) mass is 479 g/mol. The normalized spacial score (nSPS) is 20.0. The molecule has 0 amide bonds. The lowest BCUT2D eigenvalue weighted by Gasteiger charge is -2.45. The van der Waals surface area contributed by atoms with Gasteiger partial charge >= 0.3 is 6.01 Å². The van der Waals surface area contributed by atoms with Gasteiger partial charge in [-0.3, -0.25) is 4.90 Å². The minimum absolute atomic E-state index is 0.172. The summed E-state index contributed by atoms with van der Waals surface area (Å²) >= 11 is 1.52. The Bertz CT molecular complexity index is 1160. The average molecular weight is 480 g/mol. The highest BCUT2D eigenvalue weighted by Gasteiger charge is 2.42. The van der Waals surface area contributed by atoms with E-state index in [0.29, 0.717) is 17.4 Å². The van der Waals surface area contributed by atoms with Gasteiger partial charge in [-0.15, -0.1) is 0 Å². The average Bonchev–Trinajstić information content (AvgIpc) is 3.32. The minimum Gasteiger partial charge on any atom is -0.460 e. The lowest BCUT2D eigenvalue weighted by atomic mass is 9.72. The fraction of sp³-hybridized carbons (Fsp3) is 0.542. The molecular formula is C24H29N7O2S. The van der Waals surface area contributed by atoms with Crippen LogP contribution in [0.25, 0.3) is 10.6 Å². The highest BCUT2D eigenvalue weighted by Crippen LogP contribution is 2.43. The smallest absolute Gasteiger partial charge is 0.317 e. The standard InChI is InChI=1S/C24H29N7O2S/c1-2-31-10-6-18-16(13-31)11-26-21(28-18)30-23-27-12-20(34-23)19-5-9-25-22(29-19)33-17-3-7-24(8-4-17)14-32-15-24/h5,9,11-12,17H,2-4,6-8,10,13-15H2,1H3,(H,26,27,28,30). The molecule has 5 heterocycles. The largest absolute Gasteiger partial charge is 0.460 e. The molecule has 1 saturated heterocycles. The zero-order valence-electron chi connectivity index (χ0n) is 19.4. The molecule has 3 aliphatic rings. The predicted molar refractivity (Wildman–Crippen MR) is 129 cm³/mol. The lowest BCUT2D eigenvalue weighted by Crippen LogP contribution is -2.46. The van der Waals surface area contributed by atoms with Crippen LogP contribution in [-0.2, 0) is 17.7 Å². The van der Waals surface area contributed by atoms with Gasteiger partial charge in [0.15, 0.2) is 5.13 Å². The SMILES string of the molecule is CCN1CCc2nc(Nc3ncc(-c4ccnc(OC5CCC6(CC5)COC6)n4)s3)ncc2C1. The number of ether oxygens (including phenoxy) is 2. The second-order valence-electron chi connectivity index (χ2n) is 9.47. The summed E-state index contributed by atoms with van der Waals surface area (Å²) in [6.45, 7) is 7.00. The van der Waals surface area contributed by atoms with Crippen molar-refractivity contribution in [1.29, 1.82) is 0 Å². The van der Waals surface area contributed by atoms with E-state index in [1.165, 1.54) is 16.9 Å². The number of aromatic nitrogens is 5. The first-order valence-corrected chi connectivity index (χ1v) is 12.9. The van der Waals surface area contributed by atoms with Gasteiger partial charge in [-0.05, 0) is 38.3 Å². The molecule has 34 heavy (non-hydrogen) atoms. The maximum absolute atomic E-state index is 6.13. The Kier molecular flexibility index (Phi) is 5.88. The van der Waals surface area contributed by atoms with Crippen molar-refractivity contribution in [2.45, 2.75) is 51.7 Å².